The number of hydrogen-bond donors (Lipinski definition) is 1. The van der Waals surface area contributed by atoms with Gasteiger partial charge in [-0.3, -0.25) is 14.3 Å². The maximum absolute atomic E-state index is 12.7. The number of benzene rings is 2. The first kappa shape index (κ1) is 21.9. The number of halogens is 1. The van der Waals surface area contributed by atoms with Gasteiger partial charge < -0.3 is 9.64 Å². The Hall–Kier alpha value is -2.39. The normalized spacial score (nSPS) is 11.0. The van der Waals surface area contributed by atoms with Gasteiger partial charge in [-0.25, -0.2) is 8.42 Å². The van der Waals surface area contributed by atoms with E-state index in [2.05, 4.69) is 25.4 Å². The van der Waals surface area contributed by atoms with Crippen molar-refractivity contribution in [3.63, 3.8) is 0 Å². The number of anilines is 1. The second-order valence-corrected chi connectivity index (χ2v) is 8.71. The summed E-state index contributed by atoms with van der Waals surface area (Å²) >= 11 is 3.32. The van der Waals surface area contributed by atoms with Crippen molar-refractivity contribution in [1.82, 2.24) is 4.90 Å². The van der Waals surface area contributed by atoms with Crippen LogP contribution in [0.3, 0.4) is 0 Å². The quantitative estimate of drug-likeness (QED) is 0.629. The van der Waals surface area contributed by atoms with E-state index in [9.17, 15) is 18.0 Å². The van der Waals surface area contributed by atoms with Crippen LogP contribution in [0.1, 0.15) is 22.3 Å². The minimum atomic E-state index is -3.89. The standard InChI is InChI=1S/C19H21BrN2O5S/c1-13-7-8-16(20)17(11-13)21-28(25,26)15-6-4-5-14(12-15)19(24)22(2)10-9-18(23)27-3/h4-8,11-12,21H,9-10H2,1-3H3. The fourth-order valence-corrected chi connectivity index (χ4v) is 3.99. The molecule has 0 aliphatic heterocycles. The number of esters is 1. The average Bonchev–Trinajstić information content (AvgIpc) is 2.67. The zero-order valence-corrected chi connectivity index (χ0v) is 18.1. The van der Waals surface area contributed by atoms with Crippen molar-refractivity contribution in [2.24, 2.45) is 0 Å². The number of sulfonamides is 1. The van der Waals surface area contributed by atoms with E-state index in [0.29, 0.717) is 10.2 Å². The maximum atomic E-state index is 12.7. The first-order valence-electron chi connectivity index (χ1n) is 8.35. The van der Waals surface area contributed by atoms with Crippen LogP contribution in [0.5, 0.6) is 0 Å². The number of ether oxygens (including phenoxy) is 1. The lowest BCUT2D eigenvalue weighted by molar-refractivity contribution is -0.140. The second kappa shape index (κ2) is 9.20. The fourth-order valence-electron chi connectivity index (χ4n) is 2.40. The van der Waals surface area contributed by atoms with Gasteiger partial charge >= 0.3 is 5.97 Å². The van der Waals surface area contributed by atoms with Crippen molar-refractivity contribution in [3.8, 4) is 0 Å². The molecule has 9 heteroatoms. The van der Waals surface area contributed by atoms with E-state index in [1.807, 2.05) is 13.0 Å². The molecule has 0 atom stereocenters. The lowest BCUT2D eigenvalue weighted by Crippen LogP contribution is -2.29. The number of aryl methyl sites for hydroxylation is 1. The third-order valence-corrected chi connectivity index (χ3v) is 6.04. The van der Waals surface area contributed by atoms with Crippen molar-refractivity contribution in [2.45, 2.75) is 18.2 Å². The van der Waals surface area contributed by atoms with Crippen LogP contribution >= 0.6 is 15.9 Å². The summed E-state index contributed by atoms with van der Waals surface area (Å²) in [5.74, 6) is -0.818. The van der Waals surface area contributed by atoms with Gasteiger partial charge in [0, 0.05) is 23.6 Å². The second-order valence-electron chi connectivity index (χ2n) is 6.17. The van der Waals surface area contributed by atoms with Gasteiger partial charge in [-0.1, -0.05) is 12.1 Å². The van der Waals surface area contributed by atoms with Crippen LogP contribution in [0.15, 0.2) is 51.8 Å². The molecule has 0 aromatic heterocycles. The number of methoxy groups -OCH3 is 1. The summed E-state index contributed by atoms with van der Waals surface area (Å²) in [4.78, 5) is 25.1. The molecule has 0 saturated heterocycles. The third-order valence-electron chi connectivity index (χ3n) is 3.98. The number of amides is 1. The van der Waals surface area contributed by atoms with Gasteiger partial charge in [-0.2, -0.15) is 0 Å². The third kappa shape index (κ3) is 5.56. The van der Waals surface area contributed by atoms with Gasteiger partial charge in [0.1, 0.15) is 0 Å². The largest absolute Gasteiger partial charge is 0.469 e. The van der Waals surface area contributed by atoms with Crippen LogP contribution in [0.4, 0.5) is 5.69 Å². The number of hydrogen-bond acceptors (Lipinski definition) is 5. The number of nitrogens with one attached hydrogen (secondary N) is 1. The molecule has 0 fully saturated rings. The fraction of sp³-hybridized carbons (Fsp3) is 0.263. The van der Waals surface area contributed by atoms with Crippen LogP contribution in [0.25, 0.3) is 0 Å². The van der Waals surface area contributed by atoms with Crippen molar-refractivity contribution in [3.05, 3.63) is 58.1 Å². The molecule has 7 nitrogen and oxygen atoms in total. The molecule has 0 spiro atoms. The van der Waals surface area contributed by atoms with E-state index >= 15 is 0 Å². The van der Waals surface area contributed by atoms with Crippen molar-refractivity contribution in [2.75, 3.05) is 25.4 Å². The monoisotopic (exact) mass is 468 g/mol. The Balaban J connectivity index is 2.22. The Kier molecular flexibility index (Phi) is 7.20. The van der Waals surface area contributed by atoms with Gasteiger partial charge in [0.25, 0.3) is 15.9 Å². The van der Waals surface area contributed by atoms with Gasteiger partial charge in [-0.05, 0) is 58.7 Å². The van der Waals surface area contributed by atoms with Crippen molar-refractivity contribution < 1.29 is 22.7 Å². The van der Waals surface area contributed by atoms with Crippen LogP contribution in [0, 0.1) is 6.92 Å². The predicted molar refractivity (Wildman–Crippen MR) is 110 cm³/mol. The Morgan fingerprint density at radius 1 is 1.18 bits per heavy atom. The van der Waals surface area contributed by atoms with Crippen molar-refractivity contribution in [1.29, 1.82) is 0 Å². The van der Waals surface area contributed by atoms with Gasteiger partial charge in [0.2, 0.25) is 0 Å². The van der Waals surface area contributed by atoms with E-state index in [4.69, 9.17) is 0 Å². The topological polar surface area (TPSA) is 92.8 Å². The van der Waals surface area contributed by atoms with E-state index in [1.165, 1.54) is 43.3 Å². The summed E-state index contributed by atoms with van der Waals surface area (Å²) in [6.45, 7) is 2.02. The van der Waals surface area contributed by atoms with E-state index in [0.717, 1.165) is 5.56 Å². The molecule has 0 aliphatic carbocycles. The Morgan fingerprint density at radius 3 is 2.57 bits per heavy atom. The van der Waals surface area contributed by atoms with Gasteiger partial charge in [0.05, 0.1) is 24.1 Å². The molecule has 0 heterocycles. The molecular weight excluding hydrogens is 448 g/mol. The minimum absolute atomic E-state index is 0.0341. The van der Waals surface area contributed by atoms with E-state index in [1.54, 1.807) is 12.1 Å². The highest BCUT2D eigenvalue weighted by Gasteiger charge is 2.19. The zero-order valence-electron chi connectivity index (χ0n) is 15.7. The molecule has 0 bridgehead atoms. The summed E-state index contributed by atoms with van der Waals surface area (Å²) < 4.78 is 33.2. The Morgan fingerprint density at radius 2 is 1.89 bits per heavy atom. The smallest absolute Gasteiger partial charge is 0.307 e. The highest BCUT2D eigenvalue weighted by molar-refractivity contribution is 9.10. The lowest BCUT2D eigenvalue weighted by Gasteiger charge is -2.17. The SMILES string of the molecule is COC(=O)CCN(C)C(=O)c1cccc(S(=O)(=O)Nc2cc(C)ccc2Br)c1. The first-order valence-corrected chi connectivity index (χ1v) is 10.6. The summed E-state index contributed by atoms with van der Waals surface area (Å²) in [6.07, 6.45) is 0.0552. The van der Waals surface area contributed by atoms with Crippen LogP contribution < -0.4 is 4.72 Å². The first-order chi connectivity index (χ1) is 13.1. The molecule has 0 radical (unpaired) electrons. The van der Waals surface area contributed by atoms with E-state index < -0.39 is 21.9 Å². The van der Waals surface area contributed by atoms with Crippen molar-refractivity contribution >= 4 is 43.5 Å². The average molecular weight is 469 g/mol. The molecule has 1 N–H and O–H groups in total. The molecule has 0 aliphatic rings. The van der Waals surface area contributed by atoms with Crippen LogP contribution in [-0.4, -0.2) is 45.9 Å². The van der Waals surface area contributed by atoms with Crippen LogP contribution in [-0.2, 0) is 19.6 Å². The Labute approximate surface area is 172 Å². The van der Waals surface area contributed by atoms with Gasteiger partial charge in [0.15, 0.2) is 0 Å². The molecule has 28 heavy (non-hydrogen) atoms. The number of rotatable bonds is 7. The number of carbonyl (C=O) groups is 2. The summed E-state index contributed by atoms with van der Waals surface area (Å²) in [5, 5.41) is 0. The molecule has 150 valence electrons. The van der Waals surface area contributed by atoms with Gasteiger partial charge in [-0.15, -0.1) is 0 Å². The molecule has 2 aromatic rings. The maximum Gasteiger partial charge on any atom is 0.307 e. The lowest BCUT2D eigenvalue weighted by atomic mass is 10.2. The molecule has 0 saturated carbocycles. The molecule has 2 rings (SSSR count). The molecule has 0 unspecified atom stereocenters. The Bertz CT molecular complexity index is 992. The highest BCUT2D eigenvalue weighted by atomic mass is 79.9. The zero-order chi connectivity index (χ0) is 20.9. The number of nitrogens with zero attached hydrogens (tertiary/aromatic N) is 1. The summed E-state index contributed by atoms with van der Waals surface area (Å²) in [5.41, 5.74) is 1.52. The molecule has 1 amide bonds. The number of carbonyl (C=O) groups excluding carboxylic acids is 2. The minimum Gasteiger partial charge on any atom is -0.469 e. The summed E-state index contributed by atoms with van der Waals surface area (Å²) in [7, 11) is -1.08. The molecular formula is C19H21BrN2O5S. The molecule has 2 aromatic carbocycles. The van der Waals surface area contributed by atoms with Crippen LogP contribution in [0.2, 0.25) is 0 Å². The summed E-state index contributed by atoms with van der Waals surface area (Å²) in [6, 6.07) is 11.1. The predicted octanol–water partition coefficient (Wildman–Crippen LogP) is 3.19. The highest BCUT2D eigenvalue weighted by Crippen LogP contribution is 2.26. The van der Waals surface area contributed by atoms with E-state index in [-0.39, 0.29) is 23.4 Å².